The fourth-order valence-corrected chi connectivity index (χ4v) is 12.3. The number of carbonyl (C=O) groups is 1. The van der Waals surface area contributed by atoms with Crippen molar-refractivity contribution >= 4 is 32.8 Å². The van der Waals surface area contributed by atoms with E-state index in [1.54, 1.807) is 6.07 Å². The zero-order chi connectivity index (χ0) is 42.4. The SMILES string of the molecule is CC(C)c1ccccc1[C@@H]1CN([C@@H]2CCOC2)CCN1C1CC2(CCN(c3ccc(C(N)=O)c(S(=O)(=O)c4ccc(NCC5CCC(C)(O)CC5)c([N+](=O)[O-])c4)c3)CC2)C1. The number of carbonyl (C=O) groups excluding carboxylic acids is 1. The van der Waals surface area contributed by atoms with Crippen molar-refractivity contribution in [2.45, 2.75) is 118 Å². The third kappa shape index (κ3) is 8.68. The Hall–Kier alpha value is -4.08. The molecule has 3 aliphatic heterocycles. The number of nitro benzene ring substituents is 1. The number of hydrogen-bond acceptors (Lipinski definition) is 11. The molecule has 5 aliphatic rings. The minimum Gasteiger partial charge on any atom is -0.390 e. The Balaban J connectivity index is 0.955. The fraction of sp³-hybridized carbons (Fsp3) is 0.587. The summed E-state index contributed by atoms with van der Waals surface area (Å²) in [7, 11) is -4.38. The van der Waals surface area contributed by atoms with Crippen LogP contribution in [0.1, 0.15) is 112 Å². The largest absolute Gasteiger partial charge is 0.390 e. The number of piperazine rings is 1. The van der Waals surface area contributed by atoms with Gasteiger partial charge in [-0.25, -0.2) is 8.42 Å². The molecule has 13 nitrogen and oxygen atoms in total. The number of primary amides is 1. The molecule has 14 heteroatoms. The first kappa shape index (κ1) is 42.6. The van der Waals surface area contributed by atoms with Gasteiger partial charge in [-0.05, 0) is 123 Å². The third-order valence-corrected chi connectivity index (χ3v) is 16.4. The molecule has 5 fully saturated rings. The van der Waals surface area contributed by atoms with Gasteiger partial charge in [0.1, 0.15) is 5.69 Å². The number of nitrogens with two attached hydrogens (primary N) is 1. The molecule has 1 amide bonds. The lowest BCUT2D eigenvalue weighted by molar-refractivity contribution is -0.384. The summed E-state index contributed by atoms with van der Waals surface area (Å²) in [6.45, 7) is 13.1. The summed E-state index contributed by atoms with van der Waals surface area (Å²) in [5.74, 6) is -0.214. The molecule has 3 saturated heterocycles. The van der Waals surface area contributed by atoms with Crippen molar-refractivity contribution in [3.05, 3.63) is 87.5 Å². The van der Waals surface area contributed by atoms with Crippen molar-refractivity contribution in [2.75, 3.05) is 62.7 Å². The lowest BCUT2D eigenvalue weighted by Gasteiger charge is -2.58. The van der Waals surface area contributed by atoms with Gasteiger partial charge in [0.25, 0.3) is 5.69 Å². The maximum atomic E-state index is 14.3. The number of benzene rings is 3. The molecule has 1 spiro atoms. The van der Waals surface area contributed by atoms with Crippen molar-refractivity contribution in [2.24, 2.45) is 17.1 Å². The number of nitrogens with zero attached hydrogens (tertiary/aromatic N) is 4. The molecule has 3 aromatic carbocycles. The van der Waals surface area contributed by atoms with Crippen LogP contribution in [0.15, 0.2) is 70.5 Å². The molecule has 8 rings (SSSR count). The molecule has 2 atom stereocenters. The first-order valence-electron chi connectivity index (χ1n) is 22.0. The summed E-state index contributed by atoms with van der Waals surface area (Å²) in [4.78, 5) is 31.4. The highest BCUT2D eigenvalue weighted by molar-refractivity contribution is 7.91. The predicted octanol–water partition coefficient (Wildman–Crippen LogP) is 6.90. The lowest BCUT2D eigenvalue weighted by Crippen LogP contribution is -2.61. The Bertz CT molecular complexity index is 2160. The Morgan fingerprint density at radius 1 is 0.983 bits per heavy atom. The van der Waals surface area contributed by atoms with Crippen LogP contribution in [0.4, 0.5) is 17.1 Å². The number of rotatable bonds is 12. The van der Waals surface area contributed by atoms with E-state index in [9.17, 15) is 28.4 Å². The summed E-state index contributed by atoms with van der Waals surface area (Å²) in [5.41, 5.74) is 8.53. The van der Waals surface area contributed by atoms with Crippen LogP contribution in [0.3, 0.4) is 0 Å². The zero-order valence-electron chi connectivity index (χ0n) is 35.4. The second-order valence-electron chi connectivity index (χ2n) is 18.9. The maximum absolute atomic E-state index is 14.3. The monoisotopic (exact) mass is 842 g/mol. The van der Waals surface area contributed by atoms with Crippen LogP contribution < -0.4 is 16.0 Å². The summed E-state index contributed by atoms with van der Waals surface area (Å²) < 4.78 is 34.3. The first-order chi connectivity index (χ1) is 28.6. The van der Waals surface area contributed by atoms with Gasteiger partial charge in [-0.1, -0.05) is 38.1 Å². The van der Waals surface area contributed by atoms with E-state index in [2.05, 4.69) is 58.1 Å². The van der Waals surface area contributed by atoms with Crippen LogP contribution in [-0.4, -0.2) is 104 Å². The molecule has 0 unspecified atom stereocenters. The van der Waals surface area contributed by atoms with Gasteiger partial charge < -0.3 is 25.8 Å². The highest BCUT2D eigenvalue weighted by atomic mass is 32.2. The summed E-state index contributed by atoms with van der Waals surface area (Å²) in [6.07, 6.45) is 8.22. The average Bonchev–Trinajstić information content (AvgIpc) is 3.77. The van der Waals surface area contributed by atoms with Crippen LogP contribution in [0.25, 0.3) is 0 Å². The van der Waals surface area contributed by atoms with Gasteiger partial charge >= 0.3 is 0 Å². The molecular weight excluding hydrogens is 781 g/mol. The average molecular weight is 843 g/mol. The summed E-state index contributed by atoms with van der Waals surface area (Å²) >= 11 is 0. The van der Waals surface area contributed by atoms with Gasteiger partial charge in [-0.15, -0.1) is 0 Å². The Morgan fingerprint density at radius 2 is 1.72 bits per heavy atom. The molecule has 2 aliphatic carbocycles. The van der Waals surface area contributed by atoms with Gasteiger partial charge in [0, 0.05) is 75.8 Å². The van der Waals surface area contributed by atoms with Crippen molar-refractivity contribution in [3.8, 4) is 0 Å². The molecule has 0 bridgehead atoms. The number of aliphatic hydroxyl groups is 1. The van der Waals surface area contributed by atoms with Gasteiger partial charge in [-0.2, -0.15) is 0 Å². The minimum absolute atomic E-state index is 0.152. The standard InChI is InChI=1S/C46H62N6O7S/c1-31(2)37-6-4-5-7-38(37)42-29-50(34-14-23-59-30-34)21-22-51(42)35-26-46(27-35)17-19-49(20-18-46)33-8-10-39(44(47)53)43(24-33)60(57,58)36-9-11-40(41(25-36)52(55)56)48-28-32-12-15-45(3,54)16-13-32/h4-11,24-25,31-32,34-35,42,48,54H,12-23,26-30H2,1-3H3,(H2,47,53)/t32?,34-,42+,45?/m1/s1. The number of nitrogens with one attached hydrogen (secondary N) is 1. The van der Waals surface area contributed by atoms with E-state index < -0.39 is 26.3 Å². The highest BCUT2D eigenvalue weighted by Gasteiger charge is 2.50. The second kappa shape index (κ2) is 17.0. The topological polar surface area (TPSA) is 172 Å². The summed E-state index contributed by atoms with van der Waals surface area (Å²) in [5, 5.41) is 25.7. The molecule has 2 saturated carbocycles. The van der Waals surface area contributed by atoms with Crippen LogP contribution in [-0.2, 0) is 14.6 Å². The Kier molecular flexibility index (Phi) is 12.1. The highest BCUT2D eigenvalue weighted by Crippen LogP contribution is 2.53. The molecule has 0 radical (unpaired) electrons. The Labute approximate surface area is 354 Å². The van der Waals surface area contributed by atoms with E-state index in [0.29, 0.717) is 49.1 Å². The first-order valence-corrected chi connectivity index (χ1v) is 23.5. The number of amides is 1. The molecule has 4 N–H and O–H groups in total. The van der Waals surface area contributed by atoms with Gasteiger partial charge in [0.2, 0.25) is 15.7 Å². The van der Waals surface area contributed by atoms with Crippen LogP contribution in [0.5, 0.6) is 0 Å². The predicted molar refractivity (Wildman–Crippen MR) is 232 cm³/mol. The fourth-order valence-electron chi connectivity index (χ4n) is 10.8. The third-order valence-electron chi connectivity index (χ3n) is 14.6. The Morgan fingerprint density at radius 3 is 2.38 bits per heavy atom. The van der Waals surface area contributed by atoms with Crippen LogP contribution >= 0.6 is 0 Å². The molecule has 60 heavy (non-hydrogen) atoms. The van der Waals surface area contributed by atoms with Crippen molar-refractivity contribution in [1.82, 2.24) is 9.80 Å². The second-order valence-corrected chi connectivity index (χ2v) is 20.8. The molecule has 3 aromatic rings. The van der Waals surface area contributed by atoms with Crippen molar-refractivity contribution in [3.63, 3.8) is 0 Å². The van der Waals surface area contributed by atoms with Crippen molar-refractivity contribution < 1.29 is 28.0 Å². The molecule has 324 valence electrons. The molecular formula is C46H62N6O7S. The van der Waals surface area contributed by atoms with Gasteiger partial charge in [-0.3, -0.25) is 24.7 Å². The van der Waals surface area contributed by atoms with E-state index in [1.807, 2.05) is 6.92 Å². The minimum atomic E-state index is -4.38. The molecule has 3 heterocycles. The normalized spacial score (nSPS) is 26.6. The smallest absolute Gasteiger partial charge is 0.293 e. The van der Waals surface area contributed by atoms with E-state index >= 15 is 0 Å². The van der Waals surface area contributed by atoms with Crippen LogP contribution in [0, 0.1) is 21.4 Å². The number of piperidine rings is 1. The maximum Gasteiger partial charge on any atom is 0.293 e. The number of sulfone groups is 1. The zero-order valence-corrected chi connectivity index (χ0v) is 36.2. The van der Waals surface area contributed by atoms with E-state index in [4.69, 9.17) is 10.5 Å². The van der Waals surface area contributed by atoms with Gasteiger partial charge in [0.05, 0.1) is 32.5 Å². The molecule has 0 aromatic heterocycles. The quantitative estimate of drug-likeness (QED) is 0.128. The van der Waals surface area contributed by atoms with E-state index in [-0.39, 0.29) is 38.1 Å². The number of anilines is 2. The van der Waals surface area contributed by atoms with Crippen LogP contribution in [0.2, 0.25) is 0 Å². The van der Waals surface area contributed by atoms with Crippen molar-refractivity contribution in [1.29, 1.82) is 0 Å². The van der Waals surface area contributed by atoms with E-state index in [0.717, 1.165) is 96.9 Å². The number of nitro groups is 1. The lowest BCUT2D eigenvalue weighted by atomic mass is 9.59. The van der Waals surface area contributed by atoms with E-state index in [1.165, 1.54) is 35.4 Å². The number of hydrogen-bond donors (Lipinski definition) is 3. The van der Waals surface area contributed by atoms with Gasteiger partial charge in [0.15, 0.2) is 0 Å². The summed E-state index contributed by atoms with van der Waals surface area (Å²) in [6, 6.07) is 18.9. The number of ether oxygens (including phenoxy) is 1.